The summed E-state index contributed by atoms with van der Waals surface area (Å²) in [6.07, 6.45) is -1.08. The summed E-state index contributed by atoms with van der Waals surface area (Å²) in [7, 11) is 6.43. The van der Waals surface area contributed by atoms with Crippen LogP contribution >= 0.6 is 11.6 Å². The minimum Gasteiger partial charge on any atom is -0.406 e. The van der Waals surface area contributed by atoms with Gasteiger partial charge in [-0.2, -0.15) is 0 Å². The SMILES string of the molecule is [B][C@@](C(=O)N[C@H]1CCOC1)(c1cncnc1)N(C(=O)[C@H](F)Cl)c1ccc(OC(F)(F)F)cc1. The maximum Gasteiger partial charge on any atom is 0.573 e. The zero-order chi connectivity index (χ0) is 24.2. The number of benzene rings is 1. The number of hydrogen-bond acceptors (Lipinski definition) is 6. The van der Waals surface area contributed by atoms with Crippen molar-refractivity contribution in [1.29, 1.82) is 0 Å². The van der Waals surface area contributed by atoms with E-state index in [0.717, 1.165) is 43.0 Å². The van der Waals surface area contributed by atoms with E-state index in [-0.39, 0.29) is 17.9 Å². The van der Waals surface area contributed by atoms with Crippen molar-refractivity contribution in [3.63, 3.8) is 0 Å². The number of hydrogen-bond donors (Lipinski definition) is 1. The minimum absolute atomic E-state index is 0.109. The summed E-state index contributed by atoms with van der Waals surface area (Å²) in [5, 5.41) is 2.63. The Morgan fingerprint density at radius 3 is 2.39 bits per heavy atom. The van der Waals surface area contributed by atoms with E-state index in [0.29, 0.717) is 17.9 Å². The summed E-state index contributed by atoms with van der Waals surface area (Å²) in [5.41, 5.74) is -5.40. The highest BCUT2D eigenvalue weighted by atomic mass is 35.5. The first kappa shape index (κ1) is 24.7. The largest absolute Gasteiger partial charge is 0.573 e. The van der Waals surface area contributed by atoms with Crippen LogP contribution in [0.2, 0.25) is 0 Å². The highest BCUT2D eigenvalue weighted by molar-refractivity contribution is 6.37. The molecular formula is C19H16BClF4N4O4. The molecule has 33 heavy (non-hydrogen) atoms. The van der Waals surface area contributed by atoms with E-state index in [1.54, 1.807) is 0 Å². The zero-order valence-electron chi connectivity index (χ0n) is 16.8. The van der Waals surface area contributed by atoms with Gasteiger partial charge in [0, 0.05) is 30.3 Å². The average Bonchev–Trinajstić information content (AvgIpc) is 3.27. The summed E-state index contributed by atoms with van der Waals surface area (Å²) >= 11 is 5.39. The molecule has 14 heteroatoms. The lowest BCUT2D eigenvalue weighted by atomic mass is 9.70. The first-order valence-corrected chi connectivity index (χ1v) is 9.87. The minimum atomic E-state index is -4.96. The molecule has 1 fully saturated rings. The molecule has 2 radical (unpaired) electrons. The fourth-order valence-electron chi connectivity index (χ4n) is 3.20. The Morgan fingerprint density at radius 2 is 1.88 bits per heavy atom. The predicted molar refractivity (Wildman–Crippen MR) is 108 cm³/mol. The van der Waals surface area contributed by atoms with Crippen molar-refractivity contribution in [2.75, 3.05) is 18.1 Å². The Kier molecular flexibility index (Phi) is 7.43. The Morgan fingerprint density at radius 1 is 1.24 bits per heavy atom. The van der Waals surface area contributed by atoms with Crippen LogP contribution in [-0.4, -0.2) is 60.9 Å². The quantitative estimate of drug-likeness (QED) is 0.366. The number of nitrogens with zero attached hydrogens (tertiary/aromatic N) is 3. The van der Waals surface area contributed by atoms with E-state index in [1.165, 1.54) is 0 Å². The van der Waals surface area contributed by atoms with Crippen LogP contribution < -0.4 is 15.0 Å². The van der Waals surface area contributed by atoms with E-state index in [9.17, 15) is 27.2 Å². The first-order valence-electron chi connectivity index (χ1n) is 9.43. The summed E-state index contributed by atoms with van der Waals surface area (Å²) in [6, 6.07) is 3.29. The van der Waals surface area contributed by atoms with E-state index in [1.807, 2.05) is 0 Å². The molecule has 1 aliphatic rings. The van der Waals surface area contributed by atoms with Crippen LogP contribution in [0.15, 0.2) is 43.0 Å². The fourth-order valence-corrected chi connectivity index (χ4v) is 3.30. The molecule has 2 amide bonds. The molecule has 0 spiro atoms. The molecule has 0 aliphatic carbocycles. The summed E-state index contributed by atoms with van der Waals surface area (Å²) < 4.78 is 60.5. The number of ether oxygens (including phenoxy) is 2. The van der Waals surface area contributed by atoms with Crippen LogP contribution in [0, 0.1) is 0 Å². The highest BCUT2D eigenvalue weighted by Crippen LogP contribution is 2.34. The lowest BCUT2D eigenvalue weighted by Gasteiger charge is -2.41. The normalized spacial score (nSPS) is 18.8. The summed E-state index contributed by atoms with van der Waals surface area (Å²) in [6.45, 7) is 0.570. The molecular weight excluding hydrogens is 470 g/mol. The third kappa shape index (κ3) is 5.71. The van der Waals surface area contributed by atoms with E-state index in [2.05, 4.69) is 20.0 Å². The molecule has 0 saturated carbocycles. The van der Waals surface area contributed by atoms with Crippen molar-refractivity contribution in [2.24, 2.45) is 0 Å². The molecule has 1 aromatic carbocycles. The maximum absolute atomic E-state index is 14.0. The van der Waals surface area contributed by atoms with Crippen LogP contribution in [-0.2, 0) is 19.8 Å². The lowest BCUT2D eigenvalue weighted by molar-refractivity contribution is -0.274. The van der Waals surface area contributed by atoms with Gasteiger partial charge >= 0.3 is 6.36 Å². The number of aromatic nitrogens is 2. The molecule has 0 unspecified atom stereocenters. The number of anilines is 1. The van der Waals surface area contributed by atoms with Crippen LogP contribution in [0.1, 0.15) is 12.0 Å². The van der Waals surface area contributed by atoms with Crippen molar-refractivity contribution in [2.45, 2.75) is 29.9 Å². The van der Waals surface area contributed by atoms with Crippen LogP contribution in [0.25, 0.3) is 0 Å². The predicted octanol–water partition coefficient (Wildman–Crippen LogP) is 2.17. The van der Waals surface area contributed by atoms with Crippen LogP contribution in [0.4, 0.5) is 23.2 Å². The molecule has 8 nitrogen and oxygen atoms in total. The van der Waals surface area contributed by atoms with Gasteiger partial charge in [-0.3, -0.25) is 14.5 Å². The van der Waals surface area contributed by atoms with Gasteiger partial charge in [-0.15, -0.1) is 13.2 Å². The highest BCUT2D eigenvalue weighted by Gasteiger charge is 2.47. The van der Waals surface area contributed by atoms with Gasteiger partial charge in [0.05, 0.1) is 12.6 Å². The number of amides is 2. The molecule has 3 atom stereocenters. The smallest absolute Gasteiger partial charge is 0.406 e. The van der Waals surface area contributed by atoms with Gasteiger partial charge in [0.15, 0.2) is 0 Å². The molecule has 2 heterocycles. The Labute approximate surface area is 191 Å². The standard InChI is InChI=1S/C19H16BClF4N4O4/c20-18(11-7-26-10-27-8-11,17(31)28-12-5-6-32-9-12)29(16(30)15(21)22)13-1-3-14(4-2-13)33-19(23,24)25/h1-4,7-8,10,12,15H,5-6,9H2,(H,28,31)/t12-,15-,18-/m0/s1. The van der Waals surface area contributed by atoms with E-state index in [4.69, 9.17) is 24.2 Å². The molecule has 1 N–H and O–H groups in total. The van der Waals surface area contributed by atoms with Crippen molar-refractivity contribution >= 4 is 36.9 Å². The third-order valence-electron chi connectivity index (χ3n) is 4.70. The third-order valence-corrected chi connectivity index (χ3v) is 4.89. The fraction of sp³-hybridized carbons (Fsp3) is 0.368. The molecule has 0 bridgehead atoms. The number of carbonyl (C=O) groups is 2. The monoisotopic (exact) mass is 486 g/mol. The number of carbonyl (C=O) groups excluding carboxylic acids is 2. The number of alkyl halides is 5. The zero-order valence-corrected chi connectivity index (χ0v) is 17.5. The Hall–Kier alpha value is -2.93. The van der Waals surface area contributed by atoms with Crippen LogP contribution in [0.3, 0.4) is 0 Å². The van der Waals surface area contributed by atoms with Gasteiger partial charge < -0.3 is 14.8 Å². The number of halogens is 5. The molecule has 2 aromatic rings. The Balaban J connectivity index is 2.08. The Bertz CT molecular complexity index is 978. The molecule has 1 aliphatic heterocycles. The molecule has 174 valence electrons. The average molecular weight is 487 g/mol. The van der Waals surface area contributed by atoms with Gasteiger partial charge in [0.2, 0.25) is 5.91 Å². The molecule has 1 aromatic heterocycles. The van der Waals surface area contributed by atoms with Gasteiger partial charge in [0.1, 0.15) is 25.4 Å². The van der Waals surface area contributed by atoms with E-state index < -0.39 is 41.0 Å². The van der Waals surface area contributed by atoms with Gasteiger partial charge in [-0.05, 0) is 30.7 Å². The van der Waals surface area contributed by atoms with Gasteiger partial charge in [-0.25, -0.2) is 14.4 Å². The number of nitrogens with one attached hydrogen (secondary N) is 1. The van der Waals surface area contributed by atoms with Crippen molar-refractivity contribution in [1.82, 2.24) is 15.3 Å². The van der Waals surface area contributed by atoms with Crippen LogP contribution in [0.5, 0.6) is 5.75 Å². The molecule has 1 saturated heterocycles. The van der Waals surface area contributed by atoms with Crippen molar-refractivity contribution in [3.8, 4) is 5.75 Å². The molecule has 3 rings (SSSR count). The van der Waals surface area contributed by atoms with Gasteiger partial charge in [-0.1, -0.05) is 11.6 Å². The second-order valence-corrected chi connectivity index (χ2v) is 7.33. The maximum atomic E-state index is 14.0. The van der Waals surface area contributed by atoms with E-state index >= 15 is 0 Å². The summed E-state index contributed by atoms with van der Waals surface area (Å²) in [5.74, 6) is -2.99. The second kappa shape index (κ2) is 9.92. The van der Waals surface area contributed by atoms with Crippen molar-refractivity contribution < 1.29 is 36.6 Å². The topological polar surface area (TPSA) is 93.6 Å². The second-order valence-electron chi connectivity index (χ2n) is 6.94. The van der Waals surface area contributed by atoms with Gasteiger partial charge in [0.25, 0.3) is 11.5 Å². The van der Waals surface area contributed by atoms with Crippen molar-refractivity contribution in [3.05, 3.63) is 48.5 Å². The first-order chi connectivity index (χ1) is 15.5. The lowest BCUT2D eigenvalue weighted by Crippen LogP contribution is -2.62. The summed E-state index contributed by atoms with van der Waals surface area (Å²) in [4.78, 5) is 34.3. The number of rotatable bonds is 7.